The van der Waals surface area contributed by atoms with E-state index in [0.29, 0.717) is 5.92 Å². The van der Waals surface area contributed by atoms with Crippen molar-refractivity contribution in [2.75, 3.05) is 6.54 Å². The molecule has 0 aromatic heterocycles. The molecule has 2 fully saturated rings. The third-order valence-corrected chi connectivity index (χ3v) is 4.03. The zero-order chi connectivity index (χ0) is 11.2. The van der Waals surface area contributed by atoms with E-state index in [2.05, 4.69) is 13.0 Å². The Balaban J connectivity index is 2.34. The Labute approximate surface area is 93.1 Å². The summed E-state index contributed by atoms with van der Waals surface area (Å²) in [5, 5.41) is 0. The van der Waals surface area contributed by atoms with Gasteiger partial charge in [0.1, 0.15) is 7.85 Å². The molecule has 3 heteroatoms. The summed E-state index contributed by atoms with van der Waals surface area (Å²) in [7, 11) is 6.39. The molecule has 0 saturated carbocycles. The van der Waals surface area contributed by atoms with E-state index < -0.39 is 5.44 Å². The maximum absolute atomic E-state index is 12.0. The van der Waals surface area contributed by atoms with E-state index in [9.17, 15) is 4.79 Å². The number of rotatable bonds is 0. The van der Waals surface area contributed by atoms with Crippen LogP contribution < -0.4 is 0 Å². The number of hydrogen-bond donors (Lipinski definition) is 0. The molecule has 15 heavy (non-hydrogen) atoms. The molecule has 0 aromatic rings. The van der Waals surface area contributed by atoms with Crippen molar-refractivity contribution < 1.29 is 4.79 Å². The Morgan fingerprint density at radius 2 is 2.20 bits per heavy atom. The van der Waals surface area contributed by atoms with Crippen LogP contribution in [0.5, 0.6) is 0 Å². The zero-order valence-corrected chi connectivity index (χ0v) is 9.79. The van der Waals surface area contributed by atoms with Crippen molar-refractivity contribution in [1.29, 1.82) is 0 Å². The summed E-state index contributed by atoms with van der Waals surface area (Å²) >= 11 is 0. The van der Waals surface area contributed by atoms with Gasteiger partial charge in [0.05, 0.1) is 0 Å². The summed E-state index contributed by atoms with van der Waals surface area (Å²) in [6, 6.07) is 0. The van der Waals surface area contributed by atoms with Gasteiger partial charge < -0.3 is 4.90 Å². The summed E-state index contributed by atoms with van der Waals surface area (Å²) < 4.78 is 0. The Morgan fingerprint density at radius 3 is 2.80 bits per heavy atom. The molecule has 2 rings (SSSR count). The summed E-state index contributed by atoms with van der Waals surface area (Å²) in [6.45, 7) is 6.93. The number of carbonyl (C=O) groups is 1. The van der Waals surface area contributed by atoms with Crippen molar-refractivity contribution >= 4 is 13.8 Å². The van der Waals surface area contributed by atoms with Crippen LogP contribution in [0.2, 0.25) is 0 Å². The second-order valence-electron chi connectivity index (χ2n) is 5.08. The molecule has 2 radical (unpaired) electrons. The average molecular weight is 203 g/mol. The van der Waals surface area contributed by atoms with Crippen LogP contribution in [0.15, 0.2) is 11.6 Å². The predicted octanol–water partition coefficient (Wildman–Crippen LogP) is 1.71. The number of fused-ring (bicyclic) bond motifs is 1. The molecule has 0 aromatic carbocycles. The van der Waals surface area contributed by atoms with Gasteiger partial charge in [0, 0.05) is 17.9 Å². The number of amides is 1. The minimum absolute atomic E-state index is 0.132. The fourth-order valence-electron chi connectivity index (χ4n) is 2.88. The summed E-state index contributed by atoms with van der Waals surface area (Å²) in [4.78, 5) is 13.9. The lowest BCUT2D eigenvalue weighted by Gasteiger charge is -2.47. The van der Waals surface area contributed by atoms with Gasteiger partial charge in [-0.2, -0.15) is 0 Å². The molecule has 2 saturated heterocycles. The highest BCUT2D eigenvalue weighted by Gasteiger charge is 2.49. The first-order chi connectivity index (χ1) is 6.99. The highest BCUT2D eigenvalue weighted by molar-refractivity contribution is 6.18. The van der Waals surface area contributed by atoms with Gasteiger partial charge in [-0.25, -0.2) is 0 Å². The Bertz CT molecular complexity index is 326. The Morgan fingerprint density at radius 1 is 1.53 bits per heavy atom. The lowest BCUT2D eigenvalue weighted by molar-refractivity contribution is -0.143. The van der Waals surface area contributed by atoms with Crippen LogP contribution in [0, 0.1) is 11.8 Å². The van der Waals surface area contributed by atoms with E-state index in [1.807, 2.05) is 18.7 Å². The molecular formula is C12H18BNO. The number of hydrogen-bond acceptors (Lipinski definition) is 1. The first-order valence-corrected chi connectivity index (χ1v) is 5.73. The summed E-state index contributed by atoms with van der Waals surface area (Å²) in [6.07, 6.45) is 3.86. The predicted molar refractivity (Wildman–Crippen MR) is 61.5 cm³/mol. The van der Waals surface area contributed by atoms with Gasteiger partial charge in [-0.15, -0.1) is 0 Å². The number of carbonyl (C=O) groups excluding carboxylic acids is 1. The van der Waals surface area contributed by atoms with Gasteiger partial charge in [0.2, 0.25) is 5.91 Å². The summed E-state index contributed by atoms with van der Waals surface area (Å²) in [5.41, 5.74) is 0.887. The quantitative estimate of drug-likeness (QED) is 0.433. The van der Waals surface area contributed by atoms with Crippen molar-refractivity contribution in [3.8, 4) is 0 Å². The number of allylic oxidation sites excluding steroid dienone is 1. The molecule has 0 N–H and O–H groups in total. The molecule has 1 amide bonds. The molecule has 0 spiro atoms. The highest BCUT2D eigenvalue weighted by atomic mass is 16.2. The molecule has 80 valence electrons. The van der Waals surface area contributed by atoms with Gasteiger partial charge in [0.15, 0.2) is 0 Å². The maximum atomic E-state index is 12.0. The van der Waals surface area contributed by atoms with Gasteiger partial charge in [-0.1, -0.05) is 25.5 Å². The van der Waals surface area contributed by atoms with Crippen LogP contribution in [0.1, 0.15) is 33.6 Å². The molecule has 0 bridgehead atoms. The third-order valence-electron chi connectivity index (χ3n) is 4.03. The van der Waals surface area contributed by atoms with Crippen molar-refractivity contribution in [2.45, 2.75) is 39.1 Å². The van der Waals surface area contributed by atoms with Crippen LogP contribution in [-0.4, -0.2) is 30.6 Å². The molecule has 2 nitrogen and oxygen atoms in total. The lowest BCUT2D eigenvalue weighted by atomic mass is 9.62. The summed E-state index contributed by atoms with van der Waals surface area (Å²) in [5.74, 6) is 0.753. The van der Waals surface area contributed by atoms with E-state index in [-0.39, 0.29) is 11.8 Å². The minimum Gasteiger partial charge on any atom is -0.341 e. The van der Waals surface area contributed by atoms with E-state index in [1.54, 1.807) is 0 Å². The van der Waals surface area contributed by atoms with Crippen LogP contribution >= 0.6 is 0 Å². The van der Waals surface area contributed by atoms with E-state index in [1.165, 1.54) is 5.57 Å². The van der Waals surface area contributed by atoms with Gasteiger partial charge >= 0.3 is 0 Å². The zero-order valence-electron chi connectivity index (χ0n) is 9.79. The molecule has 0 aliphatic carbocycles. The standard InChI is InChI=1S/C12H18BNO/c1-4-10-6-12(13)9(3)5-8(2)11(15)14(12)7-10/h4,8-9H,5-7H2,1-3H3/b10-4-. The van der Waals surface area contributed by atoms with Crippen LogP contribution in [0.3, 0.4) is 0 Å². The molecule has 2 aliphatic rings. The van der Waals surface area contributed by atoms with Gasteiger partial charge in [-0.05, 0) is 25.7 Å². The Hall–Kier alpha value is -0.725. The fraction of sp³-hybridized carbons (Fsp3) is 0.750. The highest BCUT2D eigenvalue weighted by Crippen LogP contribution is 2.43. The number of nitrogens with zero attached hydrogens (tertiary/aromatic N) is 1. The van der Waals surface area contributed by atoms with Crippen molar-refractivity contribution in [1.82, 2.24) is 4.90 Å². The Kier molecular flexibility index (Phi) is 2.44. The average Bonchev–Trinajstić information content (AvgIpc) is 2.55. The molecule has 2 aliphatic heterocycles. The van der Waals surface area contributed by atoms with Crippen molar-refractivity contribution in [2.24, 2.45) is 11.8 Å². The minimum atomic E-state index is -0.411. The van der Waals surface area contributed by atoms with E-state index in [4.69, 9.17) is 7.85 Å². The SMILES string of the molecule is [B]C12C/C(=C/C)CN1C(=O)C(C)CC2C. The van der Waals surface area contributed by atoms with Crippen LogP contribution in [0.4, 0.5) is 0 Å². The first kappa shape index (κ1) is 10.8. The van der Waals surface area contributed by atoms with E-state index in [0.717, 1.165) is 19.4 Å². The van der Waals surface area contributed by atoms with Crippen LogP contribution in [0.25, 0.3) is 0 Å². The van der Waals surface area contributed by atoms with Crippen molar-refractivity contribution in [3.63, 3.8) is 0 Å². The lowest BCUT2D eigenvalue weighted by Crippen LogP contribution is -2.58. The van der Waals surface area contributed by atoms with Gasteiger partial charge in [0.25, 0.3) is 0 Å². The smallest absolute Gasteiger partial charge is 0.225 e. The van der Waals surface area contributed by atoms with Gasteiger partial charge in [-0.3, -0.25) is 4.79 Å². The first-order valence-electron chi connectivity index (χ1n) is 5.73. The van der Waals surface area contributed by atoms with E-state index >= 15 is 0 Å². The second-order valence-corrected chi connectivity index (χ2v) is 5.08. The molecule has 3 unspecified atom stereocenters. The van der Waals surface area contributed by atoms with Crippen molar-refractivity contribution in [3.05, 3.63) is 11.6 Å². The normalized spacial score (nSPS) is 43.5. The third kappa shape index (κ3) is 1.44. The monoisotopic (exact) mass is 203 g/mol. The maximum Gasteiger partial charge on any atom is 0.225 e. The van der Waals surface area contributed by atoms with Crippen LogP contribution in [-0.2, 0) is 4.79 Å². The molecule has 3 atom stereocenters. The molecular weight excluding hydrogens is 185 g/mol. The topological polar surface area (TPSA) is 20.3 Å². The number of piperidine rings is 1. The second kappa shape index (κ2) is 3.39. The fourth-order valence-corrected chi connectivity index (χ4v) is 2.88. The largest absolute Gasteiger partial charge is 0.341 e. The molecule has 2 heterocycles.